The summed E-state index contributed by atoms with van der Waals surface area (Å²) < 4.78 is 12.8. The highest BCUT2D eigenvalue weighted by atomic mass is 79.9. The molecule has 0 aromatic heterocycles. The molecule has 142 valence electrons. The Hall–Kier alpha value is -1.55. The van der Waals surface area contributed by atoms with Crippen molar-refractivity contribution in [2.75, 3.05) is 26.3 Å². The van der Waals surface area contributed by atoms with Crippen LogP contribution in [0.3, 0.4) is 0 Å². The van der Waals surface area contributed by atoms with Gasteiger partial charge in [0.1, 0.15) is 17.3 Å². The van der Waals surface area contributed by atoms with E-state index < -0.39 is 4.92 Å². The molecule has 1 aliphatic heterocycles. The number of hydrogen-bond donors (Lipinski definition) is 0. The summed E-state index contributed by atoms with van der Waals surface area (Å²) in [5, 5.41) is 10.9. The first-order chi connectivity index (χ1) is 13.0. The van der Waals surface area contributed by atoms with E-state index in [4.69, 9.17) is 21.7 Å². The number of morpholine rings is 1. The van der Waals surface area contributed by atoms with Gasteiger partial charge in [-0.2, -0.15) is 0 Å². The van der Waals surface area contributed by atoms with Gasteiger partial charge < -0.3 is 14.4 Å². The molecule has 1 aliphatic rings. The first-order valence-electron chi connectivity index (χ1n) is 8.18. The molecule has 0 radical (unpaired) electrons. The van der Waals surface area contributed by atoms with Crippen molar-refractivity contribution in [2.24, 2.45) is 0 Å². The number of thiocarbonyl (C=S) groups is 1. The third-order valence-corrected chi connectivity index (χ3v) is 5.72. The summed E-state index contributed by atoms with van der Waals surface area (Å²) in [6.07, 6.45) is 0. The van der Waals surface area contributed by atoms with Gasteiger partial charge >= 0.3 is 0 Å². The van der Waals surface area contributed by atoms with Gasteiger partial charge in [0.05, 0.1) is 27.1 Å². The van der Waals surface area contributed by atoms with Crippen molar-refractivity contribution in [3.05, 3.63) is 66.6 Å². The molecular weight excluding hydrogens is 500 g/mol. The predicted octanol–water partition coefficient (Wildman–Crippen LogP) is 4.71. The van der Waals surface area contributed by atoms with Crippen molar-refractivity contribution >= 4 is 54.8 Å². The first kappa shape index (κ1) is 20.2. The van der Waals surface area contributed by atoms with Gasteiger partial charge in [-0.15, -0.1) is 0 Å². The summed E-state index contributed by atoms with van der Waals surface area (Å²) in [6.45, 7) is 3.12. The molecule has 0 amide bonds. The van der Waals surface area contributed by atoms with E-state index >= 15 is 0 Å². The summed E-state index contributed by atoms with van der Waals surface area (Å²) in [5.41, 5.74) is 1.67. The summed E-state index contributed by atoms with van der Waals surface area (Å²) >= 11 is 12.7. The van der Waals surface area contributed by atoms with E-state index in [9.17, 15) is 10.1 Å². The SMILES string of the molecule is O=[N+]([O-])c1cccc(COc2c(Br)cc(C(=S)N3CCOCC3)cc2Br)c1. The number of halogens is 2. The molecule has 0 saturated carbocycles. The van der Waals surface area contributed by atoms with Crippen LogP contribution in [0.5, 0.6) is 5.75 Å². The van der Waals surface area contributed by atoms with Crippen molar-refractivity contribution in [1.29, 1.82) is 0 Å². The normalized spacial score (nSPS) is 14.1. The van der Waals surface area contributed by atoms with Crippen LogP contribution in [0.2, 0.25) is 0 Å². The van der Waals surface area contributed by atoms with Crippen LogP contribution in [-0.2, 0) is 11.3 Å². The van der Waals surface area contributed by atoms with E-state index in [1.807, 2.05) is 12.1 Å². The van der Waals surface area contributed by atoms with Crippen molar-refractivity contribution < 1.29 is 14.4 Å². The number of nitro benzene ring substituents is 1. The highest BCUT2D eigenvalue weighted by Crippen LogP contribution is 2.36. The Morgan fingerprint density at radius 3 is 2.52 bits per heavy atom. The van der Waals surface area contributed by atoms with Crippen molar-refractivity contribution in [3.8, 4) is 5.75 Å². The zero-order valence-electron chi connectivity index (χ0n) is 14.2. The maximum absolute atomic E-state index is 10.9. The third-order valence-electron chi connectivity index (χ3n) is 4.05. The highest BCUT2D eigenvalue weighted by Gasteiger charge is 2.18. The lowest BCUT2D eigenvalue weighted by Crippen LogP contribution is -2.40. The predicted molar refractivity (Wildman–Crippen MR) is 113 cm³/mol. The highest BCUT2D eigenvalue weighted by molar-refractivity contribution is 9.11. The molecule has 0 aliphatic carbocycles. The third kappa shape index (κ3) is 5.04. The molecule has 3 rings (SSSR count). The number of nitrogens with zero attached hydrogens (tertiary/aromatic N) is 2. The van der Waals surface area contributed by atoms with E-state index in [-0.39, 0.29) is 12.3 Å². The van der Waals surface area contributed by atoms with Crippen LogP contribution in [0.1, 0.15) is 11.1 Å². The van der Waals surface area contributed by atoms with Gasteiger partial charge in [-0.25, -0.2) is 0 Å². The number of nitro groups is 1. The van der Waals surface area contributed by atoms with Crippen LogP contribution in [-0.4, -0.2) is 41.1 Å². The van der Waals surface area contributed by atoms with E-state index in [1.54, 1.807) is 12.1 Å². The standard InChI is InChI=1S/C18H16Br2N2O4S/c19-15-9-13(18(27)21-4-6-25-7-5-21)10-16(20)17(15)26-11-12-2-1-3-14(8-12)22(23)24/h1-3,8-10H,4-7,11H2. The minimum absolute atomic E-state index is 0.0421. The molecule has 0 N–H and O–H groups in total. The van der Waals surface area contributed by atoms with Crippen molar-refractivity contribution in [2.45, 2.75) is 6.61 Å². The average Bonchev–Trinajstić information content (AvgIpc) is 2.67. The molecular formula is C18H16Br2N2O4S. The van der Waals surface area contributed by atoms with Gasteiger partial charge in [-0.3, -0.25) is 10.1 Å². The fraction of sp³-hybridized carbons (Fsp3) is 0.278. The first-order valence-corrected chi connectivity index (χ1v) is 10.2. The Bertz CT molecular complexity index is 849. The zero-order chi connectivity index (χ0) is 19.4. The van der Waals surface area contributed by atoms with Gasteiger partial charge in [0.15, 0.2) is 0 Å². The number of non-ortho nitro benzene ring substituents is 1. The fourth-order valence-corrected chi connectivity index (χ4v) is 4.40. The maximum atomic E-state index is 10.9. The van der Waals surface area contributed by atoms with E-state index in [1.165, 1.54) is 12.1 Å². The van der Waals surface area contributed by atoms with E-state index in [0.29, 0.717) is 19.0 Å². The Morgan fingerprint density at radius 1 is 1.22 bits per heavy atom. The number of benzene rings is 2. The number of hydrogen-bond acceptors (Lipinski definition) is 5. The van der Waals surface area contributed by atoms with Gasteiger partial charge in [0.2, 0.25) is 0 Å². The molecule has 0 bridgehead atoms. The van der Waals surface area contributed by atoms with Crippen molar-refractivity contribution in [1.82, 2.24) is 4.90 Å². The maximum Gasteiger partial charge on any atom is 0.269 e. The average molecular weight is 516 g/mol. The topological polar surface area (TPSA) is 64.8 Å². The van der Waals surface area contributed by atoms with Crippen LogP contribution < -0.4 is 4.74 Å². The molecule has 0 unspecified atom stereocenters. The second kappa shape index (κ2) is 9.09. The molecule has 1 heterocycles. The largest absolute Gasteiger partial charge is 0.487 e. The molecule has 1 fully saturated rings. The number of rotatable bonds is 5. The Labute approximate surface area is 178 Å². The van der Waals surface area contributed by atoms with Crippen LogP contribution in [0.4, 0.5) is 5.69 Å². The Balaban J connectivity index is 1.74. The van der Waals surface area contributed by atoms with Crippen LogP contribution >= 0.6 is 44.1 Å². The molecule has 0 spiro atoms. The Kier molecular flexibility index (Phi) is 6.80. The second-order valence-electron chi connectivity index (χ2n) is 5.89. The summed E-state index contributed by atoms with van der Waals surface area (Å²) in [4.78, 5) is 13.4. The zero-order valence-corrected chi connectivity index (χ0v) is 18.2. The lowest BCUT2D eigenvalue weighted by atomic mass is 10.2. The molecule has 0 atom stereocenters. The smallest absolute Gasteiger partial charge is 0.269 e. The van der Waals surface area contributed by atoms with Gasteiger partial charge in [0.25, 0.3) is 5.69 Å². The minimum atomic E-state index is -0.420. The van der Waals surface area contributed by atoms with Gasteiger partial charge in [0, 0.05) is 30.8 Å². The van der Waals surface area contributed by atoms with Crippen molar-refractivity contribution in [3.63, 3.8) is 0 Å². The molecule has 9 heteroatoms. The summed E-state index contributed by atoms with van der Waals surface area (Å²) in [7, 11) is 0. The summed E-state index contributed by atoms with van der Waals surface area (Å²) in [6, 6.07) is 10.2. The van der Waals surface area contributed by atoms with E-state index in [0.717, 1.165) is 38.2 Å². The minimum Gasteiger partial charge on any atom is -0.487 e. The molecule has 2 aromatic carbocycles. The van der Waals surface area contributed by atoms with Gasteiger partial charge in [-0.1, -0.05) is 24.4 Å². The molecule has 2 aromatic rings. The molecule has 6 nitrogen and oxygen atoms in total. The molecule has 27 heavy (non-hydrogen) atoms. The molecule has 1 saturated heterocycles. The van der Waals surface area contributed by atoms with Crippen LogP contribution in [0.15, 0.2) is 45.3 Å². The van der Waals surface area contributed by atoms with Gasteiger partial charge in [-0.05, 0) is 49.6 Å². The number of ether oxygens (including phenoxy) is 2. The van der Waals surface area contributed by atoms with Crippen LogP contribution in [0.25, 0.3) is 0 Å². The van der Waals surface area contributed by atoms with Crippen LogP contribution in [0, 0.1) is 10.1 Å². The fourth-order valence-electron chi connectivity index (χ4n) is 2.69. The second-order valence-corrected chi connectivity index (χ2v) is 7.98. The van der Waals surface area contributed by atoms with E-state index in [2.05, 4.69) is 36.8 Å². The lowest BCUT2D eigenvalue weighted by Gasteiger charge is -2.29. The quantitative estimate of drug-likeness (QED) is 0.326. The lowest BCUT2D eigenvalue weighted by molar-refractivity contribution is -0.384. The monoisotopic (exact) mass is 514 g/mol. The summed E-state index contributed by atoms with van der Waals surface area (Å²) in [5.74, 6) is 0.620. The Morgan fingerprint density at radius 2 is 1.89 bits per heavy atom.